The van der Waals surface area contributed by atoms with Gasteiger partial charge in [0.25, 0.3) is 5.91 Å². The highest BCUT2D eigenvalue weighted by Crippen LogP contribution is 1.97. The molecule has 1 rings (SSSR count). The minimum absolute atomic E-state index is 0.189. The predicted molar refractivity (Wildman–Crippen MR) is 60.8 cm³/mol. The second-order valence-electron chi connectivity index (χ2n) is 2.79. The zero-order valence-corrected chi connectivity index (χ0v) is 9.41. The third-order valence-corrected chi connectivity index (χ3v) is 2.39. The number of carbonyl (C=O) groups is 1. The summed E-state index contributed by atoms with van der Waals surface area (Å²) in [6.07, 6.45) is 0. The van der Waals surface area contributed by atoms with Crippen LogP contribution in [-0.2, 0) is 0 Å². The third-order valence-electron chi connectivity index (χ3n) is 1.58. The fourth-order valence-electron chi connectivity index (χ4n) is 0.830. The highest BCUT2D eigenvalue weighted by Gasteiger charge is 2.01. The van der Waals surface area contributed by atoms with Gasteiger partial charge in [0.1, 0.15) is 0 Å². The van der Waals surface area contributed by atoms with Gasteiger partial charge in [-0.15, -0.1) is 0 Å². The van der Waals surface area contributed by atoms with E-state index >= 15 is 0 Å². The van der Waals surface area contributed by atoms with Gasteiger partial charge in [-0.2, -0.15) is 5.10 Å². The molecule has 1 aromatic carbocycles. The first-order valence-electron chi connectivity index (χ1n) is 4.18. The first-order valence-corrected chi connectivity index (χ1v) is 5.30. The summed E-state index contributed by atoms with van der Waals surface area (Å²) < 4.78 is 0. The smallest absolute Gasteiger partial charge is 0.267 e. The maximum absolute atomic E-state index is 11.4. The summed E-state index contributed by atoms with van der Waals surface area (Å²) in [6.45, 7) is 1.83. The normalized spacial score (nSPS) is 11.1. The highest BCUT2D eigenvalue weighted by atomic mass is 79.9. The lowest BCUT2D eigenvalue weighted by Gasteiger charge is -1.99. The minimum Gasteiger partial charge on any atom is -0.267 e. The van der Waals surface area contributed by atoms with Gasteiger partial charge < -0.3 is 0 Å². The lowest BCUT2D eigenvalue weighted by Crippen LogP contribution is -2.19. The van der Waals surface area contributed by atoms with E-state index in [2.05, 4.69) is 26.5 Å². The molecule has 0 spiro atoms. The zero-order chi connectivity index (χ0) is 10.4. The number of rotatable bonds is 3. The zero-order valence-electron chi connectivity index (χ0n) is 7.83. The van der Waals surface area contributed by atoms with Gasteiger partial charge in [-0.05, 0) is 19.1 Å². The summed E-state index contributed by atoms with van der Waals surface area (Å²) in [5.74, 6) is -0.189. The maximum atomic E-state index is 11.4. The van der Waals surface area contributed by atoms with Gasteiger partial charge in [0.15, 0.2) is 0 Å². The number of hydrogen-bond acceptors (Lipinski definition) is 2. The minimum atomic E-state index is -0.189. The number of halogens is 1. The number of amides is 1. The number of hydrogen-bond donors (Lipinski definition) is 1. The van der Waals surface area contributed by atoms with Gasteiger partial charge in [-0.1, -0.05) is 34.1 Å². The molecular formula is C10H11BrN2O. The molecule has 0 radical (unpaired) electrons. The number of carbonyl (C=O) groups excluding carboxylic acids is 1. The number of benzene rings is 1. The van der Waals surface area contributed by atoms with Crippen LogP contribution >= 0.6 is 15.9 Å². The standard InChI is InChI=1S/C10H11BrN2O/c1-8(7-11)12-13-10(14)9-5-3-2-4-6-9/h2-6H,7H2,1H3,(H,13,14)/b12-8+. The molecule has 0 bridgehead atoms. The van der Waals surface area contributed by atoms with E-state index in [-0.39, 0.29) is 5.91 Å². The molecule has 0 unspecified atom stereocenters. The molecule has 0 aromatic heterocycles. The molecule has 0 fully saturated rings. The van der Waals surface area contributed by atoms with Gasteiger partial charge >= 0.3 is 0 Å². The van der Waals surface area contributed by atoms with E-state index in [0.717, 1.165) is 5.71 Å². The summed E-state index contributed by atoms with van der Waals surface area (Å²) in [6, 6.07) is 8.98. The molecule has 0 saturated heterocycles. The molecule has 1 amide bonds. The Morgan fingerprint density at radius 1 is 1.43 bits per heavy atom. The topological polar surface area (TPSA) is 41.5 Å². The molecule has 1 N–H and O–H groups in total. The first kappa shape index (κ1) is 10.9. The quantitative estimate of drug-likeness (QED) is 0.502. The second-order valence-corrected chi connectivity index (χ2v) is 3.35. The number of alkyl halides is 1. The van der Waals surface area contributed by atoms with Gasteiger partial charge in [0.2, 0.25) is 0 Å². The van der Waals surface area contributed by atoms with Crippen molar-refractivity contribution in [2.24, 2.45) is 5.10 Å². The van der Waals surface area contributed by atoms with Crippen LogP contribution in [0.3, 0.4) is 0 Å². The van der Waals surface area contributed by atoms with Crippen LogP contribution in [0.4, 0.5) is 0 Å². The molecule has 4 heteroatoms. The van der Waals surface area contributed by atoms with Gasteiger partial charge in [0, 0.05) is 16.6 Å². The van der Waals surface area contributed by atoms with E-state index in [1.807, 2.05) is 25.1 Å². The van der Waals surface area contributed by atoms with Crippen molar-refractivity contribution in [2.45, 2.75) is 6.92 Å². The fourth-order valence-corrected chi connectivity index (χ4v) is 0.956. The number of nitrogens with one attached hydrogen (secondary N) is 1. The molecule has 0 heterocycles. The Hall–Kier alpha value is -1.16. The van der Waals surface area contributed by atoms with Crippen LogP contribution in [0.2, 0.25) is 0 Å². The van der Waals surface area contributed by atoms with Crippen molar-refractivity contribution in [1.82, 2.24) is 5.43 Å². The Morgan fingerprint density at radius 2 is 2.07 bits per heavy atom. The van der Waals surface area contributed by atoms with Crippen molar-refractivity contribution in [3.63, 3.8) is 0 Å². The van der Waals surface area contributed by atoms with Gasteiger partial charge in [0.05, 0.1) is 0 Å². The number of nitrogens with zero attached hydrogens (tertiary/aromatic N) is 1. The van der Waals surface area contributed by atoms with Crippen molar-refractivity contribution in [2.75, 3.05) is 5.33 Å². The molecule has 3 nitrogen and oxygen atoms in total. The molecular weight excluding hydrogens is 244 g/mol. The Morgan fingerprint density at radius 3 is 2.64 bits per heavy atom. The average Bonchev–Trinajstić information content (AvgIpc) is 2.26. The molecule has 0 atom stereocenters. The summed E-state index contributed by atoms with van der Waals surface area (Å²) in [5.41, 5.74) is 3.91. The van der Waals surface area contributed by atoms with Crippen LogP contribution in [0.5, 0.6) is 0 Å². The van der Waals surface area contributed by atoms with E-state index in [0.29, 0.717) is 10.9 Å². The number of hydrazone groups is 1. The van der Waals surface area contributed by atoms with Gasteiger partial charge in [-0.3, -0.25) is 4.79 Å². The van der Waals surface area contributed by atoms with Crippen LogP contribution in [0.1, 0.15) is 17.3 Å². The second kappa shape index (κ2) is 5.54. The van der Waals surface area contributed by atoms with Crippen LogP contribution < -0.4 is 5.43 Å². The van der Waals surface area contributed by atoms with Crippen LogP contribution in [0, 0.1) is 0 Å². The van der Waals surface area contributed by atoms with Crippen molar-refractivity contribution in [1.29, 1.82) is 0 Å². The van der Waals surface area contributed by atoms with Crippen LogP contribution in [0.15, 0.2) is 35.4 Å². The summed E-state index contributed by atoms with van der Waals surface area (Å²) in [4.78, 5) is 11.4. The SMILES string of the molecule is C/C(CBr)=N\NC(=O)c1ccccc1. The van der Waals surface area contributed by atoms with Crippen molar-refractivity contribution in [3.05, 3.63) is 35.9 Å². The summed E-state index contributed by atoms with van der Waals surface area (Å²) >= 11 is 3.24. The van der Waals surface area contributed by atoms with E-state index in [1.54, 1.807) is 12.1 Å². The van der Waals surface area contributed by atoms with E-state index in [9.17, 15) is 4.79 Å². The Balaban J connectivity index is 2.60. The van der Waals surface area contributed by atoms with E-state index in [4.69, 9.17) is 0 Å². The lowest BCUT2D eigenvalue weighted by molar-refractivity contribution is 0.0955. The molecule has 0 aliphatic heterocycles. The Kier molecular flexibility index (Phi) is 4.32. The molecule has 14 heavy (non-hydrogen) atoms. The van der Waals surface area contributed by atoms with E-state index < -0.39 is 0 Å². The summed E-state index contributed by atoms with van der Waals surface area (Å²) in [5, 5.41) is 4.54. The van der Waals surface area contributed by atoms with E-state index in [1.165, 1.54) is 0 Å². The average molecular weight is 255 g/mol. The molecule has 0 aliphatic carbocycles. The maximum Gasteiger partial charge on any atom is 0.271 e. The van der Waals surface area contributed by atoms with Gasteiger partial charge in [-0.25, -0.2) is 5.43 Å². The predicted octanol–water partition coefficient (Wildman–Crippen LogP) is 2.19. The Labute approximate surface area is 91.3 Å². The van der Waals surface area contributed by atoms with Crippen molar-refractivity contribution < 1.29 is 4.79 Å². The molecule has 74 valence electrons. The monoisotopic (exact) mass is 254 g/mol. The molecule has 0 aliphatic rings. The fraction of sp³-hybridized carbons (Fsp3) is 0.200. The van der Waals surface area contributed by atoms with Crippen molar-refractivity contribution in [3.8, 4) is 0 Å². The largest absolute Gasteiger partial charge is 0.271 e. The van der Waals surface area contributed by atoms with Crippen molar-refractivity contribution >= 4 is 27.5 Å². The lowest BCUT2D eigenvalue weighted by atomic mass is 10.2. The molecule has 0 saturated carbocycles. The van der Waals surface area contributed by atoms with Crippen LogP contribution in [-0.4, -0.2) is 16.9 Å². The van der Waals surface area contributed by atoms with Crippen LogP contribution in [0.25, 0.3) is 0 Å². The Bertz CT molecular complexity index is 335. The third kappa shape index (κ3) is 3.30. The highest BCUT2D eigenvalue weighted by molar-refractivity contribution is 9.09. The molecule has 1 aromatic rings. The summed E-state index contributed by atoms with van der Waals surface area (Å²) in [7, 11) is 0. The first-order chi connectivity index (χ1) is 6.74.